The number of ether oxygens (including phenoxy) is 1. The van der Waals surface area contributed by atoms with Crippen molar-refractivity contribution >= 4 is 28.1 Å². The number of rotatable bonds is 6. The molecule has 1 N–H and O–H groups in total. The van der Waals surface area contributed by atoms with Crippen LogP contribution in [-0.4, -0.2) is 29.1 Å². The zero-order chi connectivity index (χ0) is 19.5. The lowest BCUT2D eigenvalue weighted by Crippen LogP contribution is -2.26. The summed E-state index contributed by atoms with van der Waals surface area (Å²) in [6.07, 6.45) is 0.704. The summed E-state index contributed by atoms with van der Waals surface area (Å²) in [5, 5.41) is 6.76. The van der Waals surface area contributed by atoms with Crippen molar-refractivity contribution < 1.29 is 9.53 Å². The number of hydrogen-bond donors (Lipinski definition) is 1. The number of aryl methyl sites for hydroxylation is 1. The first kappa shape index (κ1) is 18.3. The van der Waals surface area contributed by atoms with Gasteiger partial charge in [-0.3, -0.25) is 4.79 Å². The van der Waals surface area contributed by atoms with Crippen molar-refractivity contribution in [2.75, 3.05) is 13.7 Å². The third-order valence-electron chi connectivity index (χ3n) is 4.78. The molecule has 2 heterocycles. The third kappa shape index (κ3) is 3.51. The molecule has 6 heteroatoms. The van der Waals surface area contributed by atoms with Gasteiger partial charge in [0.25, 0.3) is 5.91 Å². The summed E-state index contributed by atoms with van der Waals surface area (Å²) in [7, 11) is 3.67. The molecule has 0 bridgehead atoms. The number of methoxy groups -OCH3 is 1. The van der Waals surface area contributed by atoms with Crippen LogP contribution in [0.3, 0.4) is 0 Å². The molecule has 0 radical (unpaired) electrons. The molecule has 5 nitrogen and oxygen atoms in total. The molecule has 0 saturated heterocycles. The van der Waals surface area contributed by atoms with Gasteiger partial charge in [-0.05, 0) is 30.2 Å². The van der Waals surface area contributed by atoms with Crippen LogP contribution in [0.4, 0.5) is 0 Å². The molecule has 0 aliphatic rings. The maximum absolute atomic E-state index is 12.5. The lowest BCUT2D eigenvalue weighted by atomic mass is 10.1. The molecule has 0 aliphatic heterocycles. The number of fused-ring (bicyclic) bond motifs is 1. The second-order valence-electron chi connectivity index (χ2n) is 6.50. The topological polar surface area (TPSA) is 56.1 Å². The monoisotopic (exact) mass is 391 g/mol. The van der Waals surface area contributed by atoms with Crippen molar-refractivity contribution in [2.24, 2.45) is 7.05 Å². The Morgan fingerprint density at radius 3 is 2.79 bits per heavy atom. The molecule has 2 aromatic heterocycles. The van der Waals surface area contributed by atoms with E-state index in [2.05, 4.69) is 33.1 Å². The van der Waals surface area contributed by atoms with E-state index in [0.717, 1.165) is 32.9 Å². The quantitative estimate of drug-likeness (QED) is 0.534. The highest BCUT2D eigenvalue weighted by Crippen LogP contribution is 2.29. The number of nitrogens with zero attached hydrogens (tertiary/aromatic N) is 2. The highest BCUT2D eigenvalue weighted by molar-refractivity contribution is 7.13. The fourth-order valence-corrected chi connectivity index (χ4v) is 4.15. The van der Waals surface area contributed by atoms with Crippen LogP contribution in [0.5, 0.6) is 5.75 Å². The van der Waals surface area contributed by atoms with Gasteiger partial charge in [0.1, 0.15) is 16.5 Å². The van der Waals surface area contributed by atoms with Gasteiger partial charge in [-0.1, -0.05) is 36.4 Å². The van der Waals surface area contributed by atoms with Crippen LogP contribution in [0.25, 0.3) is 21.6 Å². The average molecular weight is 391 g/mol. The predicted molar refractivity (Wildman–Crippen MR) is 113 cm³/mol. The van der Waals surface area contributed by atoms with Crippen molar-refractivity contribution in [1.82, 2.24) is 14.9 Å². The number of nitrogens with one attached hydrogen (secondary N) is 1. The fourth-order valence-electron chi connectivity index (χ4n) is 3.30. The number of hydrogen-bond acceptors (Lipinski definition) is 4. The average Bonchev–Trinajstić information content (AvgIpc) is 3.34. The largest absolute Gasteiger partial charge is 0.496 e. The standard InChI is InChI=1S/C22H21N3O2S/c1-25-18-9-5-3-8-16(18)13-19(25)22-24-17(14-28-22)21(26)23-12-11-15-7-4-6-10-20(15)27-2/h3-10,13-14H,11-12H2,1-2H3,(H,23,26). The summed E-state index contributed by atoms with van der Waals surface area (Å²) in [5.41, 5.74) is 3.68. The van der Waals surface area contributed by atoms with Crippen molar-refractivity contribution in [3.63, 3.8) is 0 Å². The van der Waals surface area contributed by atoms with Crippen LogP contribution < -0.4 is 10.1 Å². The van der Waals surface area contributed by atoms with E-state index in [1.54, 1.807) is 7.11 Å². The van der Waals surface area contributed by atoms with Gasteiger partial charge in [0.2, 0.25) is 0 Å². The molecule has 4 aromatic rings. The Balaban J connectivity index is 1.45. The minimum absolute atomic E-state index is 0.156. The first-order chi connectivity index (χ1) is 13.7. The van der Waals surface area contributed by atoms with Crippen LogP contribution in [-0.2, 0) is 13.5 Å². The van der Waals surface area contributed by atoms with Crippen molar-refractivity contribution in [3.05, 3.63) is 71.2 Å². The number of thiazole rings is 1. The van der Waals surface area contributed by atoms with Gasteiger partial charge >= 0.3 is 0 Å². The summed E-state index contributed by atoms with van der Waals surface area (Å²) in [4.78, 5) is 17.0. The maximum atomic E-state index is 12.5. The van der Waals surface area contributed by atoms with Gasteiger partial charge in [-0.2, -0.15) is 0 Å². The van der Waals surface area contributed by atoms with Gasteiger partial charge in [-0.25, -0.2) is 4.98 Å². The summed E-state index contributed by atoms with van der Waals surface area (Å²) < 4.78 is 7.46. The van der Waals surface area contributed by atoms with E-state index in [0.29, 0.717) is 18.7 Å². The van der Waals surface area contributed by atoms with Crippen molar-refractivity contribution in [2.45, 2.75) is 6.42 Å². The van der Waals surface area contributed by atoms with Crippen LogP contribution in [0.1, 0.15) is 16.1 Å². The summed E-state index contributed by atoms with van der Waals surface area (Å²) in [6, 6.07) is 18.1. The third-order valence-corrected chi connectivity index (χ3v) is 5.64. The van der Waals surface area contributed by atoms with Gasteiger partial charge in [0.15, 0.2) is 0 Å². The summed E-state index contributed by atoms with van der Waals surface area (Å²) >= 11 is 1.48. The van der Waals surface area contributed by atoms with Crippen LogP contribution in [0.15, 0.2) is 60.0 Å². The molecule has 0 spiro atoms. The Morgan fingerprint density at radius 2 is 1.96 bits per heavy atom. The molecule has 142 valence electrons. The van der Waals surface area contributed by atoms with E-state index in [9.17, 15) is 4.79 Å². The molecular formula is C22H21N3O2S. The van der Waals surface area contributed by atoms with E-state index < -0.39 is 0 Å². The van der Waals surface area contributed by atoms with Crippen LogP contribution in [0, 0.1) is 0 Å². The van der Waals surface area contributed by atoms with E-state index in [-0.39, 0.29) is 5.91 Å². The zero-order valence-corrected chi connectivity index (χ0v) is 16.6. The van der Waals surface area contributed by atoms with Gasteiger partial charge < -0.3 is 14.6 Å². The molecule has 28 heavy (non-hydrogen) atoms. The number of carbonyl (C=O) groups excluding carboxylic acids is 1. The lowest BCUT2D eigenvalue weighted by Gasteiger charge is -2.08. The normalized spacial score (nSPS) is 10.9. The van der Waals surface area contributed by atoms with E-state index in [4.69, 9.17) is 4.74 Å². The molecule has 4 rings (SSSR count). The Morgan fingerprint density at radius 1 is 1.18 bits per heavy atom. The number of carbonyl (C=O) groups is 1. The number of para-hydroxylation sites is 2. The van der Waals surface area contributed by atoms with Crippen LogP contribution in [0.2, 0.25) is 0 Å². The second kappa shape index (κ2) is 7.86. The second-order valence-corrected chi connectivity index (χ2v) is 7.36. The van der Waals surface area contributed by atoms with Gasteiger partial charge in [-0.15, -0.1) is 11.3 Å². The molecule has 0 atom stereocenters. The number of amides is 1. The van der Waals surface area contributed by atoms with Crippen molar-refractivity contribution in [3.8, 4) is 16.5 Å². The smallest absolute Gasteiger partial charge is 0.270 e. The molecule has 1 amide bonds. The van der Waals surface area contributed by atoms with E-state index in [1.807, 2.05) is 48.8 Å². The molecular weight excluding hydrogens is 370 g/mol. The van der Waals surface area contributed by atoms with Crippen molar-refractivity contribution in [1.29, 1.82) is 0 Å². The van der Waals surface area contributed by atoms with Gasteiger partial charge in [0, 0.05) is 29.9 Å². The number of benzene rings is 2. The van der Waals surface area contributed by atoms with Crippen LogP contribution >= 0.6 is 11.3 Å². The maximum Gasteiger partial charge on any atom is 0.270 e. The van der Waals surface area contributed by atoms with E-state index >= 15 is 0 Å². The predicted octanol–water partition coefficient (Wildman–Crippen LogP) is 4.28. The van der Waals surface area contributed by atoms with E-state index in [1.165, 1.54) is 11.3 Å². The minimum atomic E-state index is -0.156. The minimum Gasteiger partial charge on any atom is -0.496 e. The SMILES string of the molecule is COc1ccccc1CCNC(=O)c1csc(-c2cc3ccccc3n2C)n1. The van der Waals surface area contributed by atoms with Gasteiger partial charge in [0.05, 0.1) is 12.8 Å². The Labute approximate surface area is 167 Å². The fraction of sp³-hybridized carbons (Fsp3) is 0.182. The zero-order valence-electron chi connectivity index (χ0n) is 15.8. The Kier molecular flexibility index (Phi) is 5.12. The molecule has 0 unspecified atom stereocenters. The lowest BCUT2D eigenvalue weighted by molar-refractivity contribution is 0.0950. The Bertz CT molecular complexity index is 1130. The summed E-state index contributed by atoms with van der Waals surface area (Å²) in [6.45, 7) is 0.528. The first-order valence-electron chi connectivity index (χ1n) is 9.08. The first-order valence-corrected chi connectivity index (χ1v) is 9.96. The number of aromatic nitrogens is 2. The molecule has 0 saturated carbocycles. The Hall–Kier alpha value is -3.12. The highest BCUT2D eigenvalue weighted by atomic mass is 32.1. The molecule has 0 aliphatic carbocycles. The molecule has 2 aromatic carbocycles. The molecule has 0 fully saturated rings. The highest BCUT2D eigenvalue weighted by Gasteiger charge is 2.15. The summed E-state index contributed by atoms with van der Waals surface area (Å²) in [5.74, 6) is 0.680.